The zero-order valence-corrected chi connectivity index (χ0v) is 8.00. The molecule has 3 N–H and O–H groups in total. The Morgan fingerprint density at radius 2 is 1.27 bits per heavy atom. The van der Waals surface area contributed by atoms with Crippen LogP contribution in [0.25, 0.3) is 0 Å². The van der Waals surface area contributed by atoms with Gasteiger partial charge in [0.15, 0.2) is 0 Å². The maximum atomic E-state index is 8.88. The predicted octanol–water partition coefficient (Wildman–Crippen LogP) is 0.503. The van der Waals surface area contributed by atoms with Gasteiger partial charge in [-0.05, 0) is 20.8 Å². The van der Waals surface area contributed by atoms with Crippen molar-refractivity contribution >= 4 is 7.82 Å². The third-order valence-corrected chi connectivity index (χ3v) is 0.612. The second kappa shape index (κ2) is 4.85. The third-order valence-electron chi connectivity index (χ3n) is 0.612. The predicted molar refractivity (Wildman–Crippen MR) is 41.0 cm³/mol. The molecule has 0 unspecified atom stereocenters. The number of methoxy groups -OCH3 is 1. The van der Waals surface area contributed by atoms with Gasteiger partial charge in [-0.15, -0.1) is 0 Å². The lowest BCUT2D eigenvalue weighted by molar-refractivity contribution is 0.0397. The van der Waals surface area contributed by atoms with Crippen LogP contribution in [0.1, 0.15) is 20.8 Å². The van der Waals surface area contributed by atoms with E-state index in [0.29, 0.717) is 0 Å². The van der Waals surface area contributed by atoms with E-state index >= 15 is 0 Å². The molecule has 70 valence electrons. The van der Waals surface area contributed by atoms with Crippen LogP contribution >= 0.6 is 7.82 Å². The molecular formula is C5H15O5P. The molecular weight excluding hydrogens is 171 g/mol. The highest BCUT2D eigenvalue weighted by Gasteiger charge is 2.04. The van der Waals surface area contributed by atoms with Crippen molar-refractivity contribution in [3.63, 3.8) is 0 Å². The first-order valence-corrected chi connectivity index (χ1v) is 4.46. The molecule has 0 aliphatic rings. The van der Waals surface area contributed by atoms with Gasteiger partial charge in [0.1, 0.15) is 0 Å². The molecule has 0 aliphatic carbocycles. The molecule has 0 heterocycles. The maximum absolute atomic E-state index is 8.88. The van der Waals surface area contributed by atoms with Crippen LogP contribution in [0.4, 0.5) is 0 Å². The molecule has 0 saturated carbocycles. The van der Waals surface area contributed by atoms with Gasteiger partial charge in [-0.3, -0.25) is 0 Å². The summed E-state index contributed by atoms with van der Waals surface area (Å²) in [6, 6.07) is 0. The summed E-state index contributed by atoms with van der Waals surface area (Å²) in [6.45, 7) is 6.06. The normalized spacial score (nSPS) is 11.9. The molecule has 0 rings (SSSR count). The molecule has 0 atom stereocenters. The summed E-state index contributed by atoms with van der Waals surface area (Å²) in [5.41, 5.74) is 0.0417. The molecule has 0 bridgehead atoms. The van der Waals surface area contributed by atoms with Crippen LogP contribution in [-0.4, -0.2) is 27.4 Å². The van der Waals surface area contributed by atoms with E-state index in [-0.39, 0.29) is 5.60 Å². The van der Waals surface area contributed by atoms with E-state index in [2.05, 4.69) is 0 Å². The first-order valence-electron chi connectivity index (χ1n) is 2.89. The summed E-state index contributed by atoms with van der Waals surface area (Å²) in [7, 11) is -2.93. The minimum absolute atomic E-state index is 0.0417. The third kappa shape index (κ3) is 69.6. The minimum atomic E-state index is -4.64. The topological polar surface area (TPSA) is 87.0 Å². The molecule has 0 aliphatic heterocycles. The Bertz CT molecular complexity index is 124. The lowest BCUT2D eigenvalue weighted by atomic mass is 10.2. The van der Waals surface area contributed by atoms with E-state index in [1.807, 2.05) is 20.8 Å². The molecule has 0 aromatic heterocycles. The summed E-state index contributed by atoms with van der Waals surface area (Å²) in [5, 5.41) is 0. The van der Waals surface area contributed by atoms with Crippen molar-refractivity contribution in [2.24, 2.45) is 0 Å². The highest BCUT2D eigenvalue weighted by molar-refractivity contribution is 7.45. The number of ether oxygens (including phenoxy) is 1. The van der Waals surface area contributed by atoms with Crippen LogP contribution in [0.5, 0.6) is 0 Å². The highest BCUT2D eigenvalue weighted by Crippen LogP contribution is 2.25. The van der Waals surface area contributed by atoms with E-state index in [1.54, 1.807) is 7.11 Å². The minimum Gasteiger partial charge on any atom is -0.379 e. The molecule has 0 amide bonds. The Kier molecular flexibility index (Phi) is 6.02. The van der Waals surface area contributed by atoms with Crippen LogP contribution in [-0.2, 0) is 9.30 Å². The van der Waals surface area contributed by atoms with E-state index in [9.17, 15) is 0 Å². The fourth-order valence-electron chi connectivity index (χ4n) is 0. The molecule has 5 nitrogen and oxygen atoms in total. The van der Waals surface area contributed by atoms with E-state index in [4.69, 9.17) is 24.0 Å². The molecule has 11 heavy (non-hydrogen) atoms. The number of hydrogen-bond donors (Lipinski definition) is 3. The maximum Gasteiger partial charge on any atom is 0.466 e. The van der Waals surface area contributed by atoms with Gasteiger partial charge in [-0.2, -0.15) is 0 Å². The van der Waals surface area contributed by atoms with Crippen molar-refractivity contribution in [2.45, 2.75) is 26.4 Å². The molecule has 0 aromatic rings. The smallest absolute Gasteiger partial charge is 0.379 e. The lowest BCUT2D eigenvalue weighted by Crippen LogP contribution is -2.15. The van der Waals surface area contributed by atoms with Crippen LogP contribution in [0.3, 0.4) is 0 Å². The fourth-order valence-corrected chi connectivity index (χ4v) is 0. The lowest BCUT2D eigenvalue weighted by Gasteiger charge is -2.14. The average Bonchev–Trinajstić information content (AvgIpc) is 1.59. The van der Waals surface area contributed by atoms with Gasteiger partial charge in [0.05, 0.1) is 5.60 Å². The molecule has 0 fully saturated rings. The molecule has 0 saturated heterocycles. The van der Waals surface area contributed by atoms with Crippen LogP contribution in [0.2, 0.25) is 0 Å². The van der Waals surface area contributed by atoms with Gasteiger partial charge in [-0.1, -0.05) is 0 Å². The van der Waals surface area contributed by atoms with Gasteiger partial charge < -0.3 is 19.4 Å². The SMILES string of the molecule is COC(C)(C)C.O=P(O)(O)O. The second-order valence-electron chi connectivity index (χ2n) is 2.83. The van der Waals surface area contributed by atoms with Gasteiger partial charge >= 0.3 is 7.82 Å². The molecule has 0 aromatic carbocycles. The van der Waals surface area contributed by atoms with Crippen molar-refractivity contribution in [2.75, 3.05) is 7.11 Å². The zero-order chi connectivity index (χ0) is 9.71. The Labute approximate surface area is 66.3 Å². The fraction of sp³-hybridized carbons (Fsp3) is 1.00. The largest absolute Gasteiger partial charge is 0.466 e. The molecule has 6 heteroatoms. The summed E-state index contributed by atoms with van der Waals surface area (Å²) in [5.74, 6) is 0. The van der Waals surface area contributed by atoms with Gasteiger partial charge in [0, 0.05) is 7.11 Å². The van der Waals surface area contributed by atoms with Crippen molar-refractivity contribution in [3.8, 4) is 0 Å². The van der Waals surface area contributed by atoms with E-state index in [1.165, 1.54) is 0 Å². The second-order valence-corrected chi connectivity index (χ2v) is 3.86. The summed E-state index contributed by atoms with van der Waals surface area (Å²) < 4.78 is 13.8. The van der Waals surface area contributed by atoms with E-state index < -0.39 is 7.82 Å². The first-order chi connectivity index (χ1) is 4.56. The van der Waals surface area contributed by atoms with Gasteiger partial charge in [0.25, 0.3) is 0 Å². The number of hydrogen-bond acceptors (Lipinski definition) is 2. The first kappa shape index (κ1) is 13.6. The van der Waals surface area contributed by atoms with Crippen LogP contribution in [0.15, 0.2) is 0 Å². The Morgan fingerprint density at radius 1 is 1.18 bits per heavy atom. The van der Waals surface area contributed by atoms with Crippen molar-refractivity contribution in [1.29, 1.82) is 0 Å². The molecule has 0 spiro atoms. The van der Waals surface area contributed by atoms with E-state index in [0.717, 1.165) is 0 Å². The van der Waals surface area contributed by atoms with Crippen LogP contribution < -0.4 is 0 Å². The Hall–Kier alpha value is 0.0700. The van der Waals surface area contributed by atoms with Crippen molar-refractivity contribution in [1.82, 2.24) is 0 Å². The van der Waals surface area contributed by atoms with Crippen molar-refractivity contribution in [3.05, 3.63) is 0 Å². The Balaban J connectivity index is 0. The molecule has 0 radical (unpaired) electrons. The Morgan fingerprint density at radius 3 is 1.27 bits per heavy atom. The summed E-state index contributed by atoms with van der Waals surface area (Å²) in [4.78, 5) is 21.6. The summed E-state index contributed by atoms with van der Waals surface area (Å²) in [6.07, 6.45) is 0. The average molecular weight is 186 g/mol. The van der Waals surface area contributed by atoms with Gasteiger partial charge in [-0.25, -0.2) is 4.57 Å². The van der Waals surface area contributed by atoms with Gasteiger partial charge in [0.2, 0.25) is 0 Å². The number of rotatable bonds is 0. The highest BCUT2D eigenvalue weighted by atomic mass is 31.2. The standard InChI is InChI=1S/C5H12O.H3O4P/c1-5(2,3)6-4;1-5(2,3)4/h1-4H3;(H3,1,2,3,4). The number of phosphoric acid groups is 1. The summed E-state index contributed by atoms with van der Waals surface area (Å²) >= 11 is 0. The zero-order valence-electron chi connectivity index (χ0n) is 7.11. The quantitative estimate of drug-likeness (QED) is 0.479. The monoisotopic (exact) mass is 186 g/mol. The van der Waals surface area contributed by atoms with Crippen LogP contribution in [0, 0.1) is 0 Å². The van der Waals surface area contributed by atoms with Crippen molar-refractivity contribution < 1.29 is 24.0 Å².